The number of carbonyl (C=O) groups is 2. The molecule has 1 N–H and O–H groups in total. The second-order valence-corrected chi connectivity index (χ2v) is 8.06. The van der Waals surface area contributed by atoms with E-state index < -0.39 is 28.4 Å². The molecule has 21 heavy (non-hydrogen) atoms. The minimum atomic E-state index is -3.70. The van der Waals surface area contributed by atoms with Crippen LogP contribution in [0.4, 0.5) is 0 Å². The summed E-state index contributed by atoms with van der Waals surface area (Å²) in [6.07, 6.45) is 1.53. The summed E-state index contributed by atoms with van der Waals surface area (Å²) in [6.45, 7) is -0.750. The molecule has 116 valence electrons. The van der Waals surface area contributed by atoms with Gasteiger partial charge in [0.2, 0.25) is 5.91 Å². The van der Waals surface area contributed by atoms with Crippen molar-refractivity contribution in [1.82, 2.24) is 9.21 Å². The normalized spacial score (nSPS) is 15.1. The first-order chi connectivity index (χ1) is 9.82. The first kappa shape index (κ1) is 15.9. The molecule has 0 unspecified atom stereocenters. The van der Waals surface area contributed by atoms with E-state index >= 15 is 0 Å². The van der Waals surface area contributed by atoms with E-state index in [1.807, 2.05) is 0 Å². The number of hydrogen-bond donors (Lipinski definition) is 1. The zero-order chi connectivity index (χ0) is 15.6. The number of aliphatic carboxylic acids is 1. The number of carboxylic acids is 1. The molecule has 0 saturated heterocycles. The van der Waals surface area contributed by atoms with Crippen molar-refractivity contribution in [2.24, 2.45) is 0 Å². The summed E-state index contributed by atoms with van der Waals surface area (Å²) in [5.41, 5.74) is 0. The Morgan fingerprint density at radius 3 is 2.52 bits per heavy atom. The van der Waals surface area contributed by atoms with Gasteiger partial charge in [0, 0.05) is 13.1 Å². The number of carboxylic acid groups (broad SMARTS) is 1. The topological polar surface area (TPSA) is 95.0 Å². The molecule has 2 rings (SSSR count). The summed E-state index contributed by atoms with van der Waals surface area (Å²) in [7, 11) is -2.38. The van der Waals surface area contributed by atoms with Crippen molar-refractivity contribution >= 4 is 33.2 Å². The predicted molar refractivity (Wildman–Crippen MR) is 76.5 cm³/mol. The summed E-state index contributed by atoms with van der Waals surface area (Å²) in [6, 6.07) is 3.01. The molecule has 0 radical (unpaired) electrons. The van der Waals surface area contributed by atoms with E-state index in [-0.39, 0.29) is 16.8 Å². The van der Waals surface area contributed by atoms with Gasteiger partial charge in [-0.2, -0.15) is 4.31 Å². The van der Waals surface area contributed by atoms with Crippen LogP contribution in [0, 0.1) is 0 Å². The summed E-state index contributed by atoms with van der Waals surface area (Å²) in [5, 5.41) is 10.5. The fraction of sp³-hybridized carbons (Fsp3) is 0.500. The lowest BCUT2D eigenvalue weighted by Gasteiger charge is -2.23. The molecule has 0 aliphatic heterocycles. The van der Waals surface area contributed by atoms with Crippen molar-refractivity contribution in [3.8, 4) is 0 Å². The van der Waals surface area contributed by atoms with Gasteiger partial charge in [-0.25, -0.2) is 8.42 Å². The van der Waals surface area contributed by atoms with Crippen LogP contribution in [0.3, 0.4) is 0 Å². The summed E-state index contributed by atoms with van der Waals surface area (Å²) in [5.74, 6) is -1.58. The standard InChI is InChI=1S/C12H16N2O5S2/c1-13(21(18,19)12-3-2-6-20-12)7-10(15)14(8-11(16)17)9-4-5-9/h2-3,6,9H,4-5,7-8H2,1H3,(H,16,17). The average molecular weight is 332 g/mol. The predicted octanol–water partition coefficient (Wildman–Crippen LogP) is 0.444. The Morgan fingerprint density at radius 1 is 1.38 bits per heavy atom. The van der Waals surface area contributed by atoms with Crippen LogP contribution in [0.1, 0.15) is 12.8 Å². The van der Waals surface area contributed by atoms with Crippen LogP contribution in [0.2, 0.25) is 0 Å². The van der Waals surface area contributed by atoms with Crippen LogP contribution in [0.5, 0.6) is 0 Å². The van der Waals surface area contributed by atoms with Crippen molar-refractivity contribution in [2.75, 3.05) is 20.1 Å². The monoisotopic (exact) mass is 332 g/mol. The van der Waals surface area contributed by atoms with Gasteiger partial charge in [0.1, 0.15) is 10.8 Å². The lowest BCUT2D eigenvalue weighted by Crippen LogP contribution is -2.44. The molecule has 7 nitrogen and oxygen atoms in total. The third kappa shape index (κ3) is 3.80. The smallest absolute Gasteiger partial charge is 0.323 e. The highest BCUT2D eigenvalue weighted by molar-refractivity contribution is 7.91. The van der Waals surface area contributed by atoms with Crippen LogP contribution in [0.25, 0.3) is 0 Å². The van der Waals surface area contributed by atoms with E-state index in [2.05, 4.69) is 0 Å². The number of rotatable bonds is 7. The maximum absolute atomic E-state index is 12.2. The van der Waals surface area contributed by atoms with Crippen LogP contribution < -0.4 is 0 Å². The zero-order valence-electron chi connectivity index (χ0n) is 11.4. The fourth-order valence-corrected chi connectivity index (χ4v) is 4.20. The Morgan fingerprint density at radius 2 is 2.05 bits per heavy atom. The number of likely N-dealkylation sites (N-methyl/N-ethyl adjacent to an activating group) is 1. The fourth-order valence-electron chi connectivity index (χ4n) is 1.88. The Hall–Kier alpha value is -1.45. The quantitative estimate of drug-likeness (QED) is 0.782. The molecule has 0 bridgehead atoms. The van der Waals surface area contributed by atoms with Crippen LogP contribution in [-0.2, 0) is 19.6 Å². The van der Waals surface area contributed by atoms with Crippen molar-refractivity contribution in [1.29, 1.82) is 0 Å². The summed E-state index contributed by atoms with van der Waals surface area (Å²) >= 11 is 1.07. The van der Waals surface area contributed by atoms with Gasteiger partial charge in [0.05, 0.1) is 6.54 Å². The molecule has 1 aliphatic rings. The van der Waals surface area contributed by atoms with Crippen LogP contribution >= 0.6 is 11.3 Å². The lowest BCUT2D eigenvalue weighted by atomic mass is 10.4. The highest BCUT2D eigenvalue weighted by atomic mass is 32.2. The third-order valence-electron chi connectivity index (χ3n) is 3.13. The van der Waals surface area contributed by atoms with Crippen molar-refractivity contribution in [3.05, 3.63) is 17.5 Å². The zero-order valence-corrected chi connectivity index (χ0v) is 13.1. The van der Waals surface area contributed by atoms with E-state index in [9.17, 15) is 18.0 Å². The Kier molecular flexibility index (Phi) is 4.64. The molecule has 1 amide bonds. The number of amides is 1. The molecule has 9 heteroatoms. The van der Waals surface area contributed by atoms with Crippen molar-refractivity contribution in [2.45, 2.75) is 23.1 Å². The highest BCUT2D eigenvalue weighted by Gasteiger charge is 2.35. The third-order valence-corrected chi connectivity index (χ3v) is 6.31. The van der Waals surface area contributed by atoms with Crippen molar-refractivity contribution in [3.63, 3.8) is 0 Å². The summed E-state index contributed by atoms with van der Waals surface area (Å²) < 4.78 is 25.5. The SMILES string of the molecule is CN(CC(=O)N(CC(=O)O)C1CC1)S(=O)(=O)c1cccs1. The molecule has 0 atom stereocenters. The molecule has 1 fully saturated rings. The van der Waals surface area contributed by atoms with E-state index in [0.717, 1.165) is 28.5 Å². The molecule has 1 aromatic heterocycles. The molecule has 1 aliphatic carbocycles. The van der Waals surface area contributed by atoms with Crippen LogP contribution in [-0.4, -0.2) is 60.8 Å². The number of hydrogen-bond acceptors (Lipinski definition) is 5. The number of nitrogens with zero attached hydrogens (tertiary/aromatic N) is 2. The van der Waals surface area contributed by atoms with Gasteiger partial charge in [-0.05, 0) is 24.3 Å². The van der Waals surface area contributed by atoms with Gasteiger partial charge in [0.15, 0.2) is 0 Å². The van der Waals surface area contributed by atoms with Gasteiger partial charge >= 0.3 is 5.97 Å². The molecule has 1 heterocycles. The molecule has 0 spiro atoms. The van der Waals surface area contributed by atoms with Crippen molar-refractivity contribution < 1.29 is 23.1 Å². The van der Waals surface area contributed by atoms with Gasteiger partial charge in [0.25, 0.3) is 10.0 Å². The second-order valence-electron chi connectivity index (χ2n) is 4.84. The van der Waals surface area contributed by atoms with E-state index in [1.165, 1.54) is 18.0 Å². The number of carbonyl (C=O) groups excluding carboxylic acids is 1. The Balaban J connectivity index is 2.06. The first-order valence-electron chi connectivity index (χ1n) is 6.33. The lowest BCUT2D eigenvalue weighted by molar-refractivity contribution is -0.144. The van der Waals surface area contributed by atoms with Gasteiger partial charge in [-0.1, -0.05) is 6.07 Å². The largest absolute Gasteiger partial charge is 0.480 e. The van der Waals surface area contributed by atoms with E-state index in [0.29, 0.717) is 0 Å². The average Bonchev–Trinajstić information content (AvgIpc) is 3.07. The van der Waals surface area contributed by atoms with Gasteiger partial charge in [-0.15, -0.1) is 11.3 Å². The Bertz CT molecular complexity index is 622. The molecular weight excluding hydrogens is 316 g/mol. The molecule has 1 aromatic rings. The van der Waals surface area contributed by atoms with Gasteiger partial charge < -0.3 is 10.0 Å². The van der Waals surface area contributed by atoms with Crippen LogP contribution in [0.15, 0.2) is 21.7 Å². The molecule has 0 aromatic carbocycles. The first-order valence-corrected chi connectivity index (χ1v) is 8.65. The minimum Gasteiger partial charge on any atom is -0.480 e. The molecular formula is C12H16N2O5S2. The minimum absolute atomic E-state index is 0.0774. The maximum atomic E-state index is 12.2. The highest BCUT2D eigenvalue weighted by Crippen LogP contribution is 2.27. The van der Waals surface area contributed by atoms with E-state index in [4.69, 9.17) is 5.11 Å². The second kappa shape index (κ2) is 6.12. The number of sulfonamides is 1. The molecule has 1 saturated carbocycles. The summed E-state index contributed by atoms with van der Waals surface area (Å²) in [4.78, 5) is 24.2. The maximum Gasteiger partial charge on any atom is 0.323 e. The number of thiophene rings is 1. The Labute approximate surface area is 126 Å². The van der Waals surface area contributed by atoms with E-state index in [1.54, 1.807) is 11.4 Å². The van der Waals surface area contributed by atoms with Gasteiger partial charge in [-0.3, -0.25) is 9.59 Å².